The summed E-state index contributed by atoms with van der Waals surface area (Å²) in [5.41, 5.74) is 2.40. The van der Waals surface area contributed by atoms with E-state index in [-0.39, 0.29) is 30.7 Å². The van der Waals surface area contributed by atoms with Crippen LogP contribution in [0.5, 0.6) is 0 Å². The molecular formula is C15H23Cl2N3OS. The molecule has 7 heteroatoms. The van der Waals surface area contributed by atoms with Crippen LogP contribution in [0.15, 0.2) is 36.0 Å². The smallest absolute Gasteiger partial charge is 0.221 e. The predicted molar refractivity (Wildman–Crippen MR) is 98.1 cm³/mol. The van der Waals surface area contributed by atoms with Crippen LogP contribution in [0.4, 0.5) is 0 Å². The summed E-state index contributed by atoms with van der Waals surface area (Å²) in [5, 5.41) is 6.25. The summed E-state index contributed by atoms with van der Waals surface area (Å²) in [7, 11) is 0. The number of hydrogen-bond donors (Lipinski definition) is 2. The summed E-state index contributed by atoms with van der Waals surface area (Å²) in [6.45, 7) is 2.64. The fourth-order valence-electron chi connectivity index (χ4n) is 1.96. The van der Waals surface area contributed by atoms with Crippen molar-refractivity contribution in [3.8, 4) is 0 Å². The van der Waals surface area contributed by atoms with E-state index in [0.717, 1.165) is 36.7 Å². The zero-order chi connectivity index (χ0) is 14.0. The van der Waals surface area contributed by atoms with Crippen LogP contribution >= 0.6 is 36.6 Å². The second-order valence-electron chi connectivity index (χ2n) is 4.72. The van der Waals surface area contributed by atoms with Crippen LogP contribution < -0.4 is 10.6 Å². The highest BCUT2D eigenvalue weighted by atomic mass is 35.5. The molecule has 0 atom stereocenters. The zero-order valence-corrected chi connectivity index (χ0v) is 14.9. The molecule has 0 fully saturated rings. The largest absolute Gasteiger partial charge is 0.352 e. The van der Waals surface area contributed by atoms with Crippen molar-refractivity contribution in [3.63, 3.8) is 0 Å². The van der Waals surface area contributed by atoms with Crippen molar-refractivity contribution in [2.45, 2.75) is 18.6 Å². The fraction of sp³-hybridized carbons (Fsp3) is 0.467. The normalized spacial score (nSPS) is 13.4. The van der Waals surface area contributed by atoms with E-state index in [4.69, 9.17) is 0 Å². The van der Waals surface area contributed by atoms with Gasteiger partial charge in [-0.25, -0.2) is 0 Å². The second kappa shape index (κ2) is 12.8. The number of nitrogens with zero attached hydrogens (tertiary/aromatic N) is 1. The molecule has 2 N–H and O–H groups in total. The molecule has 0 saturated heterocycles. The molecule has 1 aromatic heterocycles. The van der Waals surface area contributed by atoms with Crippen molar-refractivity contribution < 1.29 is 4.79 Å². The molecule has 4 nitrogen and oxygen atoms in total. The number of hydrogen-bond acceptors (Lipinski definition) is 4. The lowest BCUT2D eigenvalue weighted by molar-refractivity contribution is -0.120. The average molecular weight is 364 g/mol. The molecule has 1 aliphatic rings. The average Bonchev–Trinajstić information content (AvgIpc) is 2.52. The lowest BCUT2D eigenvalue weighted by Crippen LogP contribution is -2.29. The first-order valence-corrected chi connectivity index (χ1v) is 8.13. The molecule has 1 aliphatic heterocycles. The Labute approximate surface area is 148 Å². The van der Waals surface area contributed by atoms with Crippen LogP contribution in [0.3, 0.4) is 0 Å². The van der Waals surface area contributed by atoms with Gasteiger partial charge >= 0.3 is 0 Å². The molecule has 22 heavy (non-hydrogen) atoms. The van der Waals surface area contributed by atoms with Gasteiger partial charge in [0.15, 0.2) is 0 Å². The number of aromatic nitrogens is 1. The number of thioether (sulfide) groups is 1. The van der Waals surface area contributed by atoms with Crippen LogP contribution in [-0.4, -0.2) is 36.3 Å². The van der Waals surface area contributed by atoms with Crippen LogP contribution in [0, 0.1) is 0 Å². The summed E-state index contributed by atoms with van der Waals surface area (Å²) in [6, 6.07) is 5.91. The first-order chi connectivity index (χ1) is 9.84. The Hall–Kier alpha value is -0.750. The predicted octanol–water partition coefficient (Wildman–Crippen LogP) is 2.58. The van der Waals surface area contributed by atoms with Crippen molar-refractivity contribution >= 4 is 42.5 Å². The molecule has 2 rings (SSSR count). The van der Waals surface area contributed by atoms with Gasteiger partial charge in [-0.15, -0.1) is 24.8 Å². The highest BCUT2D eigenvalue weighted by Crippen LogP contribution is 2.10. The summed E-state index contributed by atoms with van der Waals surface area (Å²) < 4.78 is 0. The Morgan fingerprint density at radius 2 is 2.23 bits per heavy atom. The van der Waals surface area contributed by atoms with E-state index in [9.17, 15) is 4.79 Å². The van der Waals surface area contributed by atoms with Gasteiger partial charge in [0.25, 0.3) is 0 Å². The van der Waals surface area contributed by atoms with Crippen LogP contribution in [0.25, 0.3) is 0 Å². The molecule has 0 aromatic carbocycles. The Morgan fingerprint density at radius 3 is 2.91 bits per heavy atom. The van der Waals surface area contributed by atoms with Gasteiger partial charge < -0.3 is 10.6 Å². The summed E-state index contributed by atoms with van der Waals surface area (Å²) >= 11 is 1.75. The third-order valence-electron chi connectivity index (χ3n) is 3.12. The van der Waals surface area contributed by atoms with Crippen molar-refractivity contribution in [1.82, 2.24) is 15.6 Å². The molecule has 0 aliphatic carbocycles. The number of halogens is 2. The number of rotatable bonds is 7. The lowest BCUT2D eigenvalue weighted by Gasteiger charge is -2.14. The quantitative estimate of drug-likeness (QED) is 0.577. The van der Waals surface area contributed by atoms with E-state index in [0.29, 0.717) is 13.0 Å². The van der Waals surface area contributed by atoms with Gasteiger partial charge in [-0.3, -0.25) is 9.78 Å². The van der Waals surface area contributed by atoms with Crippen molar-refractivity contribution in [1.29, 1.82) is 0 Å². The highest BCUT2D eigenvalue weighted by molar-refractivity contribution is 7.98. The topological polar surface area (TPSA) is 54.0 Å². The van der Waals surface area contributed by atoms with E-state index in [1.54, 1.807) is 18.0 Å². The summed E-state index contributed by atoms with van der Waals surface area (Å²) in [5.74, 6) is 1.84. The lowest BCUT2D eigenvalue weighted by atomic mass is 10.1. The van der Waals surface area contributed by atoms with E-state index < -0.39 is 0 Å². The minimum absolute atomic E-state index is 0. The molecule has 0 saturated carbocycles. The standard InChI is InChI=1S/C15H21N3OS.2ClH/c19-15(18-11-13-4-8-16-9-5-13)6-10-20-12-14-3-1-2-7-17-14;;/h1-4,7,16H,5-6,8-12H2,(H,18,19);2*1H. The number of nitrogens with one attached hydrogen (secondary N) is 2. The molecule has 1 amide bonds. The van der Waals surface area contributed by atoms with Gasteiger partial charge in [0.2, 0.25) is 5.91 Å². The van der Waals surface area contributed by atoms with E-state index in [1.807, 2.05) is 18.2 Å². The third kappa shape index (κ3) is 8.63. The molecule has 124 valence electrons. The molecular weight excluding hydrogens is 341 g/mol. The Balaban J connectivity index is 0.00000220. The van der Waals surface area contributed by atoms with Gasteiger partial charge in [-0.1, -0.05) is 17.7 Å². The summed E-state index contributed by atoms with van der Waals surface area (Å²) in [4.78, 5) is 16.0. The number of carbonyl (C=O) groups excluding carboxylic acids is 1. The van der Waals surface area contributed by atoms with Crippen molar-refractivity contribution in [3.05, 3.63) is 41.7 Å². The second-order valence-corrected chi connectivity index (χ2v) is 5.82. The third-order valence-corrected chi connectivity index (χ3v) is 4.11. The van der Waals surface area contributed by atoms with Gasteiger partial charge in [0.05, 0.1) is 5.69 Å². The number of amides is 1. The van der Waals surface area contributed by atoms with Gasteiger partial charge in [-0.2, -0.15) is 11.8 Å². The molecule has 0 bridgehead atoms. The minimum atomic E-state index is 0. The molecule has 1 aromatic rings. The molecule has 0 spiro atoms. The van der Waals surface area contributed by atoms with Crippen LogP contribution in [0.2, 0.25) is 0 Å². The van der Waals surface area contributed by atoms with Gasteiger partial charge in [-0.05, 0) is 25.1 Å². The van der Waals surface area contributed by atoms with E-state index in [1.165, 1.54) is 5.57 Å². The van der Waals surface area contributed by atoms with E-state index >= 15 is 0 Å². The first-order valence-electron chi connectivity index (χ1n) is 6.97. The zero-order valence-electron chi connectivity index (χ0n) is 12.4. The Morgan fingerprint density at radius 1 is 1.36 bits per heavy atom. The number of pyridine rings is 1. The first kappa shape index (κ1) is 21.2. The highest BCUT2D eigenvalue weighted by Gasteiger charge is 2.05. The monoisotopic (exact) mass is 363 g/mol. The van der Waals surface area contributed by atoms with Gasteiger partial charge in [0, 0.05) is 37.2 Å². The fourth-order valence-corrected chi connectivity index (χ4v) is 2.81. The minimum Gasteiger partial charge on any atom is -0.352 e. The maximum atomic E-state index is 11.7. The molecule has 0 unspecified atom stereocenters. The Bertz CT molecular complexity index is 457. The van der Waals surface area contributed by atoms with E-state index in [2.05, 4.69) is 21.7 Å². The maximum absolute atomic E-state index is 11.7. The Kier molecular flexibility index (Phi) is 12.3. The van der Waals surface area contributed by atoms with Crippen molar-refractivity contribution in [2.24, 2.45) is 0 Å². The van der Waals surface area contributed by atoms with Crippen molar-refractivity contribution in [2.75, 3.05) is 25.4 Å². The SMILES string of the molecule is Cl.Cl.O=C(CCSCc1ccccn1)NCC1=CCNCC1. The molecule has 2 heterocycles. The number of carbonyl (C=O) groups is 1. The molecule has 0 radical (unpaired) electrons. The van der Waals surface area contributed by atoms with Gasteiger partial charge in [0.1, 0.15) is 0 Å². The van der Waals surface area contributed by atoms with Crippen LogP contribution in [-0.2, 0) is 10.5 Å². The maximum Gasteiger partial charge on any atom is 0.221 e. The van der Waals surface area contributed by atoms with Crippen LogP contribution in [0.1, 0.15) is 18.5 Å². The summed E-state index contributed by atoms with van der Waals surface area (Å²) in [6.07, 6.45) is 5.58.